The lowest BCUT2D eigenvalue weighted by molar-refractivity contribution is 0.102. The summed E-state index contributed by atoms with van der Waals surface area (Å²) in [5.74, 6) is -0.273. The molecule has 0 fully saturated rings. The maximum absolute atomic E-state index is 12.5. The molecule has 25 heavy (non-hydrogen) atoms. The minimum absolute atomic E-state index is 0.106. The lowest BCUT2D eigenvalue weighted by Crippen LogP contribution is -2.17. The zero-order valence-electron chi connectivity index (χ0n) is 14.0. The number of nitrogen functional groups attached to an aromatic ring is 1. The van der Waals surface area contributed by atoms with Crippen LogP contribution in [0.1, 0.15) is 16.1 Å². The van der Waals surface area contributed by atoms with Gasteiger partial charge in [-0.1, -0.05) is 29.8 Å². The number of aryl methyl sites for hydroxylation is 1. The number of carbonyl (C=O) groups excluding carboxylic acids is 1. The second-order valence-electron chi connectivity index (χ2n) is 5.54. The minimum Gasteiger partial charge on any atom is -0.382 e. The predicted molar refractivity (Wildman–Crippen MR) is 103 cm³/mol. The van der Waals surface area contributed by atoms with Gasteiger partial charge in [-0.2, -0.15) is 0 Å². The molecule has 1 aromatic heterocycles. The summed E-state index contributed by atoms with van der Waals surface area (Å²) in [5, 5.41) is 2.81. The molecule has 6 heteroatoms. The molecule has 126 valence electrons. The quantitative estimate of drug-likeness (QED) is 0.695. The van der Waals surface area contributed by atoms with Crippen LogP contribution in [-0.4, -0.2) is 22.1 Å². The summed E-state index contributed by atoms with van der Waals surface area (Å²) in [7, 11) is 0. The zero-order chi connectivity index (χ0) is 17.8. The SMILES string of the molecule is CSc1ccc(NC(=O)c2nc(-c3ccc(C)cc3)cnc2N)cc1. The summed E-state index contributed by atoms with van der Waals surface area (Å²) < 4.78 is 0. The van der Waals surface area contributed by atoms with Gasteiger partial charge in [0.2, 0.25) is 0 Å². The maximum atomic E-state index is 12.5. The van der Waals surface area contributed by atoms with E-state index in [-0.39, 0.29) is 17.4 Å². The molecule has 0 unspecified atom stereocenters. The summed E-state index contributed by atoms with van der Waals surface area (Å²) in [6, 6.07) is 15.4. The fourth-order valence-electron chi connectivity index (χ4n) is 2.29. The Morgan fingerprint density at radius 2 is 1.76 bits per heavy atom. The number of nitrogens with zero attached hydrogens (tertiary/aromatic N) is 2. The van der Waals surface area contributed by atoms with Gasteiger partial charge < -0.3 is 11.1 Å². The van der Waals surface area contributed by atoms with E-state index in [0.717, 1.165) is 16.0 Å². The molecule has 2 aromatic carbocycles. The van der Waals surface area contributed by atoms with Crippen LogP contribution in [0.4, 0.5) is 11.5 Å². The predicted octanol–water partition coefficient (Wildman–Crippen LogP) is 4.01. The Labute approximate surface area is 150 Å². The van der Waals surface area contributed by atoms with E-state index < -0.39 is 0 Å². The number of rotatable bonds is 4. The smallest absolute Gasteiger partial charge is 0.278 e. The first-order valence-corrected chi connectivity index (χ1v) is 8.94. The molecule has 0 radical (unpaired) electrons. The number of anilines is 2. The molecule has 5 nitrogen and oxygen atoms in total. The van der Waals surface area contributed by atoms with E-state index in [9.17, 15) is 4.79 Å². The molecular weight excluding hydrogens is 332 g/mol. The van der Waals surface area contributed by atoms with Crippen LogP contribution in [-0.2, 0) is 0 Å². The number of benzene rings is 2. The lowest BCUT2D eigenvalue weighted by Gasteiger charge is -2.09. The standard InChI is InChI=1S/C19H18N4OS/c1-12-3-5-13(6-4-12)16-11-21-18(20)17(23-16)19(24)22-14-7-9-15(25-2)10-8-14/h3-11H,1-2H3,(H2,20,21)(H,22,24). The number of hydrogen-bond donors (Lipinski definition) is 2. The van der Waals surface area contributed by atoms with Crippen LogP contribution in [0.15, 0.2) is 59.6 Å². The summed E-state index contributed by atoms with van der Waals surface area (Å²) in [6.07, 6.45) is 3.57. The van der Waals surface area contributed by atoms with E-state index in [4.69, 9.17) is 5.73 Å². The average Bonchev–Trinajstić information content (AvgIpc) is 2.63. The third-order valence-corrected chi connectivity index (χ3v) is 4.45. The normalized spacial score (nSPS) is 10.5. The molecule has 0 spiro atoms. The van der Waals surface area contributed by atoms with Gasteiger partial charge in [0, 0.05) is 16.1 Å². The van der Waals surface area contributed by atoms with Gasteiger partial charge in [0.05, 0.1) is 11.9 Å². The fraction of sp³-hybridized carbons (Fsp3) is 0.105. The molecule has 0 saturated carbocycles. The first-order valence-electron chi connectivity index (χ1n) is 7.72. The van der Waals surface area contributed by atoms with Crippen LogP contribution in [0.25, 0.3) is 11.3 Å². The van der Waals surface area contributed by atoms with Crippen molar-refractivity contribution in [3.63, 3.8) is 0 Å². The van der Waals surface area contributed by atoms with E-state index >= 15 is 0 Å². The van der Waals surface area contributed by atoms with E-state index in [0.29, 0.717) is 11.4 Å². The molecule has 1 heterocycles. The van der Waals surface area contributed by atoms with Gasteiger partial charge in [0.15, 0.2) is 11.5 Å². The zero-order valence-corrected chi connectivity index (χ0v) is 14.8. The van der Waals surface area contributed by atoms with Gasteiger partial charge in [0.25, 0.3) is 5.91 Å². The summed E-state index contributed by atoms with van der Waals surface area (Å²) >= 11 is 1.64. The van der Waals surface area contributed by atoms with Crippen LogP contribution in [0.3, 0.4) is 0 Å². The Bertz CT molecular complexity index is 892. The Morgan fingerprint density at radius 3 is 2.40 bits per heavy atom. The molecule has 3 rings (SSSR count). The van der Waals surface area contributed by atoms with Gasteiger partial charge in [0.1, 0.15) is 0 Å². The minimum atomic E-state index is -0.379. The van der Waals surface area contributed by atoms with E-state index in [1.807, 2.05) is 61.7 Å². The monoisotopic (exact) mass is 350 g/mol. The van der Waals surface area contributed by atoms with Crippen LogP contribution in [0, 0.1) is 6.92 Å². The van der Waals surface area contributed by atoms with E-state index in [1.165, 1.54) is 0 Å². The first-order chi connectivity index (χ1) is 12.1. The number of amides is 1. The highest BCUT2D eigenvalue weighted by Crippen LogP contribution is 2.21. The van der Waals surface area contributed by atoms with Gasteiger partial charge in [-0.15, -0.1) is 11.8 Å². The largest absolute Gasteiger partial charge is 0.382 e. The van der Waals surface area contributed by atoms with Crippen LogP contribution in [0.5, 0.6) is 0 Å². The second kappa shape index (κ2) is 7.36. The number of nitrogens with two attached hydrogens (primary N) is 1. The molecule has 3 N–H and O–H groups in total. The highest BCUT2D eigenvalue weighted by Gasteiger charge is 2.15. The maximum Gasteiger partial charge on any atom is 0.278 e. The second-order valence-corrected chi connectivity index (χ2v) is 6.42. The number of carbonyl (C=O) groups is 1. The Morgan fingerprint density at radius 1 is 1.08 bits per heavy atom. The van der Waals surface area contributed by atoms with E-state index in [1.54, 1.807) is 18.0 Å². The Kier molecular flexibility index (Phi) is 5.00. The van der Waals surface area contributed by atoms with Crippen molar-refractivity contribution in [2.75, 3.05) is 17.3 Å². The highest BCUT2D eigenvalue weighted by molar-refractivity contribution is 7.98. The number of nitrogens with one attached hydrogen (secondary N) is 1. The summed E-state index contributed by atoms with van der Waals surface area (Å²) in [4.78, 5) is 22.2. The van der Waals surface area contributed by atoms with Crippen molar-refractivity contribution in [3.8, 4) is 11.3 Å². The lowest BCUT2D eigenvalue weighted by atomic mass is 10.1. The van der Waals surface area contributed by atoms with Gasteiger partial charge >= 0.3 is 0 Å². The van der Waals surface area contributed by atoms with Gasteiger partial charge in [-0.25, -0.2) is 9.97 Å². The first kappa shape index (κ1) is 17.0. The number of thioether (sulfide) groups is 1. The average molecular weight is 350 g/mol. The van der Waals surface area contributed by atoms with Crippen molar-refractivity contribution in [1.82, 2.24) is 9.97 Å². The molecule has 0 saturated heterocycles. The third kappa shape index (κ3) is 3.97. The van der Waals surface area contributed by atoms with Gasteiger partial charge in [-0.05, 0) is 37.4 Å². The third-order valence-electron chi connectivity index (χ3n) is 3.71. The number of hydrogen-bond acceptors (Lipinski definition) is 5. The molecular formula is C19H18N4OS. The molecule has 0 aliphatic carbocycles. The van der Waals surface area contributed by atoms with Crippen molar-refractivity contribution < 1.29 is 4.79 Å². The molecule has 0 aliphatic heterocycles. The Hall–Kier alpha value is -2.86. The fourth-order valence-corrected chi connectivity index (χ4v) is 2.70. The van der Waals surface area contributed by atoms with E-state index in [2.05, 4.69) is 15.3 Å². The topological polar surface area (TPSA) is 80.9 Å². The van der Waals surface area contributed by atoms with Gasteiger partial charge in [-0.3, -0.25) is 4.79 Å². The molecule has 1 amide bonds. The van der Waals surface area contributed by atoms with Crippen molar-refractivity contribution in [3.05, 3.63) is 66.0 Å². The molecule has 0 bridgehead atoms. The Balaban J connectivity index is 1.86. The molecule has 0 atom stereocenters. The van der Waals surface area contributed by atoms with Crippen molar-refractivity contribution in [1.29, 1.82) is 0 Å². The summed E-state index contributed by atoms with van der Waals surface area (Å²) in [5.41, 5.74) is 9.30. The van der Waals surface area contributed by atoms with Crippen molar-refractivity contribution >= 4 is 29.2 Å². The van der Waals surface area contributed by atoms with Crippen LogP contribution < -0.4 is 11.1 Å². The summed E-state index contributed by atoms with van der Waals surface area (Å²) in [6.45, 7) is 2.01. The number of aromatic nitrogens is 2. The van der Waals surface area contributed by atoms with Crippen LogP contribution >= 0.6 is 11.8 Å². The van der Waals surface area contributed by atoms with Crippen molar-refractivity contribution in [2.24, 2.45) is 0 Å². The van der Waals surface area contributed by atoms with Crippen LogP contribution in [0.2, 0.25) is 0 Å². The molecule has 3 aromatic rings. The molecule has 0 aliphatic rings. The highest BCUT2D eigenvalue weighted by atomic mass is 32.2. The van der Waals surface area contributed by atoms with Crippen molar-refractivity contribution in [2.45, 2.75) is 11.8 Å².